The van der Waals surface area contributed by atoms with Gasteiger partial charge in [-0.1, -0.05) is 12.1 Å². The number of hydrazine groups is 1. The quantitative estimate of drug-likeness (QED) is 0.271. The molecular weight excluding hydrogens is 248 g/mol. The monoisotopic (exact) mass is 262 g/mol. The number of aromatic amines is 1. The molecule has 19 heavy (non-hydrogen) atoms. The maximum absolute atomic E-state index is 11.5. The molecule has 0 aliphatic heterocycles. The fraction of sp³-hybridized carbons (Fsp3) is 0.167. The average Bonchev–Trinajstić information content (AvgIpc) is 2.75. The molecule has 1 atom stereocenters. The second-order valence-corrected chi connectivity index (χ2v) is 4.21. The Morgan fingerprint density at radius 3 is 2.74 bits per heavy atom. The normalized spacial score (nSPS) is 12.4. The predicted molar refractivity (Wildman–Crippen MR) is 70.2 cm³/mol. The molecule has 2 rings (SSSR count). The molecule has 100 valence electrons. The van der Waals surface area contributed by atoms with Crippen LogP contribution in [0.4, 0.5) is 5.82 Å². The second-order valence-electron chi connectivity index (χ2n) is 4.21. The van der Waals surface area contributed by atoms with Crippen LogP contribution in [-0.4, -0.2) is 22.4 Å². The van der Waals surface area contributed by atoms with Crippen LogP contribution in [0.1, 0.15) is 28.9 Å². The van der Waals surface area contributed by atoms with E-state index in [1.165, 1.54) is 0 Å². The second kappa shape index (κ2) is 4.71. The van der Waals surface area contributed by atoms with E-state index < -0.39 is 12.0 Å². The number of aromatic nitrogens is 1. The summed E-state index contributed by atoms with van der Waals surface area (Å²) in [5.41, 5.74) is 6.69. The highest BCUT2D eigenvalue weighted by Gasteiger charge is 2.19. The number of amides is 2. The zero-order valence-electron chi connectivity index (χ0n) is 10.3. The first-order valence-corrected chi connectivity index (χ1v) is 5.58. The van der Waals surface area contributed by atoms with E-state index in [2.05, 4.69) is 4.98 Å². The summed E-state index contributed by atoms with van der Waals surface area (Å²) in [6, 6.07) is 5.00. The van der Waals surface area contributed by atoms with E-state index >= 15 is 0 Å². The topological polar surface area (TPSA) is 125 Å². The van der Waals surface area contributed by atoms with Gasteiger partial charge in [-0.2, -0.15) is 0 Å². The Hall–Kier alpha value is -2.38. The van der Waals surface area contributed by atoms with Crippen molar-refractivity contribution in [2.75, 3.05) is 5.01 Å². The Morgan fingerprint density at radius 1 is 1.53 bits per heavy atom. The fourth-order valence-corrected chi connectivity index (χ4v) is 1.96. The van der Waals surface area contributed by atoms with Crippen LogP contribution < -0.4 is 16.6 Å². The highest BCUT2D eigenvalue weighted by Crippen LogP contribution is 2.29. The van der Waals surface area contributed by atoms with E-state index in [4.69, 9.17) is 11.6 Å². The van der Waals surface area contributed by atoms with E-state index in [0.29, 0.717) is 22.9 Å². The van der Waals surface area contributed by atoms with Crippen LogP contribution in [0.15, 0.2) is 18.2 Å². The largest absolute Gasteiger partial charge is 0.389 e. The van der Waals surface area contributed by atoms with Gasteiger partial charge in [0, 0.05) is 10.9 Å². The predicted octanol–water partition coefficient (Wildman–Crippen LogP) is 0.157. The molecule has 0 radical (unpaired) electrons. The van der Waals surface area contributed by atoms with Gasteiger partial charge in [-0.05, 0) is 18.6 Å². The van der Waals surface area contributed by atoms with Crippen LogP contribution in [0.5, 0.6) is 0 Å². The first-order chi connectivity index (χ1) is 8.95. The lowest BCUT2D eigenvalue weighted by Crippen LogP contribution is -2.31. The Morgan fingerprint density at radius 2 is 2.21 bits per heavy atom. The number of anilines is 1. The molecule has 1 heterocycles. The molecule has 0 fully saturated rings. The molecule has 1 aromatic heterocycles. The number of hydrogen-bond acceptors (Lipinski definition) is 4. The maximum Gasteiger partial charge on any atom is 0.253 e. The van der Waals surface area contributed by atoms with E-state index in [1.54, 1.807) is 25.1 Å². The van der Waals surface area contributed by atoms with Gasteiger partial charge in [0.15, 0.2) is 0 Å². The van der Waals surface area contributed by atoms with Crippen molar-refractivity contribution in [2.24, 2.45) is 11.6 Å². The molecule has 2 amide bonds. The van der Waals surface area contributed by atoms with Gasteiger partial charge in [-0.3, -0.25) is 9.59 Å². The summed E-state index contributed by atoms with van der Waals surface area (Å²) in [4.78, 5) is 25.1. The summed E-state index contributed by atoms with van der Waals surface area (Å²) < 4.78 is 0. The van der Waals surface area contributed by atoms with Crippen LogP contribution in [0.3, 0.4) is 0 Å². The van der Waals surface area contributed by atoms with Gasteiger partial charge in [0.1, 0.15) is 5.82 Å². The first kappa shape index (κ1) is 13.1. The van der Waals surface area contributed by atoms with Crippen LogP contribution in [0.2, 0.25) is 0 Å². The van der Waals surface area contributed by atoms with Gasteiger partial charge in [0.25, 0.3) is 5.91 Å². The Balaban J connectivity index is 2.72. The number of benzene rings is 1. The molecule has 7 heteroatoms. The van der Waals surface area contributed by atoms with Crippen molar-refractivity contribution in [3.05, 3.63) is 29.3 Å². The van der Waals surface area contributed by atoms with Gasteiger partial charge < -0.3 is 15.8 Å². The van der Waals surface area contributed by atoms with Crippen molar-refractivity contribution in [3.8, 4) is 0 Å². The molecule has 7 nitrogen and oxygen atoms in total. The Labute approximate surface area is 108 Å². The van der Waals surface area contributed by atoms with Crippen LogP contribution >= 0.6 is 0 Å². The molecule has 6 N–H and O–H groups in total. The number of rotatable bonds is 4. The first-order valence-electron chi connectivity index (χ1n) is 5.58. The lowest BCUT2D eigenvalue weighted by Gasteiger charge is -2.08. The number of aliphatic hydroxyl groups is 1. The highest BCUT2D eigenvalue weighted by molar-refractivity contribution is 6.12. The number of fused-ring (bicyclic) bond motifs is 1. The molecule has 0 bridgehead atoms. The average molecular weight is 262 g/mol. The molecule has 0 spiro atoms. The molecule has 1 unspecified atom stereocenters. The summed E-state index contributed by atoms with van der Waals surface area (Å²) in [5.74, 6) is 4.91. The zero-order valence-corrected chi connectivity index (χ0v) is 10.3. The van der Waals surface area contributed by atoms with E-state index in [1.807, 2.05) is 0 Å². The molecule has 0 aliphatic rings. The third-order valence-electron chi connectivity index (χ3n) is 2.90. The number of hydrogen-bond donors (Lipinski definition) is 4. The van der Waals surface area contributed by atoms with E-state index in [9.17, 15) is 14.7 Å². The summed E-state index contributed by atoms with van der Waals surface area (Å²) >= 11 is 0. The van der Waals surface area contributed by atoms with Crippen molar-refractivity contribution in [2.45, 2.75) is 13.0 Å². The van der Waals surface area contributed by atoms with Crippen LogP contribution in [0.25, 0.3) is 10.9 Å². The van der Waals surface area contributed by atoms with Crippen molar-refractivity contribution >= 4 is 29.0 Å². The lowest BCUT2D eigenvalue weighted by molar-refractivity contribution is -0.107. The van der Waals surface area contributed by atoms with Gasteiger partial charge in [0.05, 0.1) is 11.7 Å². The smallest absolute Gasteiger partial charge is 0.253 e. The van der Waals surface area contributed by atoms with E-state index in [-0.39, 0.29) is 11.4 Å². The number of H-pyrrole nitrogens is 1. The Bertz CT molecular complexity index is 648. The summed E-state index contributed by atoms with van der Waals surface area (Å²) in [7, 11) is 0. The van der Waals surface area contributed by atoms with Crippen LogP contribution in [0, 0.1) is 0 Å². The van der Waals surface area contributed by atoms with Gasteiger partial charge in [0.2, 0.25) is 6.41 Å². The summed E-state index contributed by atoms with van der Waals surface area (Å²) in [6.07, 6.45) is -0.277. The van der Waals surface area contributed by atoms with Gasteiger partial charge in [-0.15, -0.1) is 0 Å². The highest BCUT2D eigenvalue weighted by atomic mass is 16.3. The maximum atomic E-state index is 11.5. The minimum atomic E-state index is -0.691. The fourth-order valence-electron chi connectivity index (χ4n) is 1.96. The number of nitrogens with zero attached hydrogens (tertiary/aromatic N) is 1. The van der Waals surface area contributed by atoms with Gasteiger partial charge in [-0.25, -0.2) is 10.9 Å². The third kappa shape index (κ3) is 2.16. The number of aliphatic hydroxyl groups excluding tert-OH is 1. The number of carbonyl (C=O) groups excluding carboxylic acids is 2. The molecular formula is C12H14N4O3. The SMILES string of the molecule is CC(O)c1ccc2c(C(N)=O)c(N(N)C=O)[nH]c2c1. The van der Waals surface area contributed by atoms with Crippen molar-refractivity contribution in [1.29, 1.82) is 0 Å². The molecule has 0 saturated carbocycles. The Kier molecular flexibility index (Phi) is 3.24. The lowest BCUT2D eigenvalue weighted by atomic mass is 10.1. The molecule has 0 saturated heterocycles. The van der Waals surface area contributed by atoms with Crippen molar-refractivity contribution < 1.29 is 14.7 Å². The number of nitrogens with two attached hydrogens (primary N) is 2. The minimum absolute atomic E-state index is 0.125. The standard InChI is InChI=1S/C12H14N4O3/c1-6(18)7-2-3-8-9(4-7)15-12(16(14)5-17)10(8)11(13)19/h2-6,15,18H,14H2,1H3,(H2,13,19). The van der Waals surface area contributed by atoms with Crippen molar-refractivity contribution in [3.63, 3.8) is 0 Å². The molecule has 1 aromatic carbocycles. The number of nitrogens with one attached hydrogen (secondary N) is 1. The third-order valence-corrected chi connectivity index (χ3v) is 2.90. The number of primary amides is 1. The van der Waals surface area contributed by atoms with Crippen LogP contribution in [-0.2, 0) is 4.79 Å². The number of carbonyl (C=O) groups is 2. The molecule has 2 aromatic rings. The van der Waals surface area contributed by atoms with Crippen molar-refractivity contribution in [1.82, 2.24) is 4.98 Å². The van der Waals surface area contributed by atoms with E-state index in [0.717, 1.165) is 5.01 Å². The van der Waals surface area contributed by atoms with Gasteiger partial charge >= 0.3 is 0 Å². The minimum Gasteiger partial charge on any atom is -0.389 e. The summed E-state index contributed by atoms with van der Waals surface area (Å²) in [6.45, 7) is 1.63. The molecule has 0 aliphatic carbocycles. The zero-order chi connectivity index (χ0) is 14.2. The summed E-state index contributed by atoms with van der Waals surface area (Å²) in [5, 5.41) is 10.8.